The lowest BCUT2D eigenvalue weighted by atomic mass is 10.1. The van der Waals surface area contributed by atoms with Crippen molar-refractivity contribution in [2.45, 2.75) is 25.0 Å². The molecule has 0 aliphatic rings. The molecule has 0 aliphatic heterocycles. The molecular formula is C18H24N4O2S. The number of benzene rings is 1. The number of hydrogen-bond donors (Lipinski definition) is 1. The summed E-state index contributed by atoms with van der Waals surface area (Å²) in [4.78, 5) is 11.9. The van der Waals surface area contributed by atoms with Crippen LogP contribution in [0.4, 0.5) is 0 Å². The second kappa shape index (κ2) is 10.0. The molecule has 0 atom stereocenters. The second-order valence-electron chi connectivity index (χ2n) is 5.56. The van der Waals surface area contributed by atoms with Gasteiger partial charge >= 0.3 is 0 Å². The van der Waals surface area contributed by atoms with E-state index in [0.717, 1.165) is 23.4 Å². The van der Waals surface area contributed by atoms with Crippen molar-refractivity contribution in [3.8, 4) is 11.4 Å². The van der Waals surface area contributed by atoms with Gasteiger partial charge in [-0.2, -0.15) is 0 Å². The van der Waals surface area contributed by atoms with Crippen molar-refractivity contribution < 1.29 is 9.53 Å². The Morgan fingerprint density at radius 2 is 2.28 bits per heavy atom. The van der Waals surface area contributed by atoms with Crippen molar-refractivity contribution in [2.75, 3.05) is 26.0 Å². The van der Waals surface area contributed by atoms with Gasteiger partial charge in [0.25, 0.3) is 0 Å². The van der Waals surface area contributed by atoms with Gasteiger partial charge in [-0.25, -0.2) is 0 Å². The van der Waals surface area contributed by atoms with Crippen LogP contribution in [0.5, 0.6) is 0 Å². The van der Waals surface area contributed by atoms with E-state index in [1.165, 1.54) is 11.8 Å². The maximum Gasteiger partial charge on any atom is 0.230 e. The fraction of sp³-hybridized carbons (Fsp3) is 0.389. The summed E-state index contributed by atoms with van der Waals surface area (Å²) in [6.07, 6.45) is 2.61. The van der Waals surface area contributed by atoms with Crippen molar-refractivity contribution in [1.82, 2.24) is 20.1 Å². The molecule has 0 spiro atoms. The molecule has 0 radical (unpaired) electrons. The SMILES string of the molecule is C=CCn1c(SCC(=O)NCCCOC)nnc1-c1cccc(C)c1. The quantitative estimate of drug-likeness (QED) is 0.401. The van der Waals surface area contributed by atoms with Gasteiger partial charge in [0.2, 0.25) is 5.91 Å². The molecule has 25 heavy (non-hydrogen) atoms. The molecule has 0 fully saturated rings. The highest BCUT2D eigenvalue weighted by Crippen LogP contribution is 2.24. The topological polar surface area (TPSA) is 69.0 Å². The van der Waals surface area contributed by atoms with Crippen LogP contribution in [0, 0.1) is 6.92 Å². The van der Waals surface area contributed by atoms with E-state index < -0.39 is 0 Å². The van der Waals surface area contributed by atoms with Crippen LogP contribution in [0.1, 0.15) is 12.0 Å². The van der Waals surface area contributed by atoms with Crippen LogP contribution in [-0.4, -0.2) is 46.7 Å². The molecule has 0 unspecified atom stereocenters. The zero-order valence-corrected chi connectivity index (χ0v) is 15.5. The first-order valence-corrected chi connectivity index (χ1v) is 9.14. The first-order chi connectivity index (χ1) is 12.2. The van der Waals surface area contributed by atoms with Gasteiger partial charge in [-0.1, -0.05) is 41.6 Å². The van der Waals surface area contributed by atoms with Crippen molar-refractivity contribution >= 4 is 17.7 Å². The lowest BCUT2D eigenvalue weighted by Gasteiger charge is -2.08. The van der Waals surface area contributed by atoms with Gasteiger partial charge in [0.05, 0.1) is 5.75 Å². The number of rotatable bonds is 10. The molecule has 0 bridgehead atoms. The van der Waals surface area contributed by atoms with Crippen molar-refractivity contribution in [3.63, 3.8) is 0 Å². The van der Waals surface area contributed by atoms with Crippen LogP contribution >= 0.6 is 11.8 Å². The van der Waals surface area contributed by atoms with Gasteiger partial charge in [-0.15, -0.1) is 16.8 Å². The Labute approximate surface area is 152 Å². The van der Waals surface area contributed by atoms with Gasteiger partial charge in [0, 0.05) is 32.4 Å². The summed E-state index contributed by atoms with van der Waals surface area (Å²) in [6, 6.07) is 8.12. The molecular weight excluding hydrogens is 336 g/mol. The van der Waals surface area contributed by atoms with Crippen LogP contribution in [0.2, 0.25) is 0 Å². The maximum absolute atomic E-state index is 11.9. The Bertz CT molecular complexity index is 715. The Morgan fingerprint density at radius 3 is 3.00 bits per heavy atom. The smallest absolute Gasteiger partial charge is 0.230 e. The summed E-state index contributed by atoms with van der Waals surface area (Å²) >= 11 is 1.38. The number of allylic oxidation sites excluding steroid dienone is 1. The highest BCUT2D eigenvalue weighted by atomic mass is 32.2. The number of amides is 1. The molecule has 134 valence electrons. The van der Waals surface area contributed by atoms with Crippen LogP contribution in [0.3, 0.4) is 0 Å². The van der Waals surface area contributed by atoms with E-state index in [1.807, 2.05) is 29.7 Å². The fourth-order valence-corrected chi connectivity index (χ4v) is 3.09. The minimum Gasteiger partial charge on any atom is -0.385 e. The lowest BCUT2D eigenvalue weighted by Crippen LogP contribution is -2.27. The second-order valence-corrected chi connectivity index (χ2v) is 6.50. The van der Waals surface area contributed by atoms with E-state index in [2.05, 4.69) is 28.2 Å². The largest absolute Gasteiger partial charge is 0.385 e. The average molecular weight is 360 g/mol. The minimum atomic E-state index is -0.0219. The predicted molar refractivity (Wildman–Crippen MR) is 101 cm³/mol. The third-order valence-corrected chi connectivity index (χ3v) is 4.45. The minimum absolute atomic E-state index is 0.0219. The molecule has 1 aromatic heterocycles. The molecule has 2 rings (SSSR count). The third kappa shape index (κ3) is 5.72. The van der Waals surface area contributed by atoms with E-state index in [0.29, 0.717) is 30.6 Å². The van der Waals surface area contributed by atoms with Crippen molar-refractivity contribution in [3.05, 3.63) is 42.5 Å². The van der Waals surface area contributed by atoms with E-state index in [1.54, 1.807) is 13.2 Å². The highest BCUT2D eigenvalue weighted by Gasteiger charge is 2.14. The van der Waals surface area contributed by atoms with E-state index in [9.17, 15) is 4.79 Å². The lowest BCUT2D eigenvalue weighted by molar-refractivity contribution is -0.118. The summed E-state index contributed by atoms with van der Waals surface area (Å²) < 4.78 is 6.94. The Kier molecular flexibility index (Phi) is 7.69. The number of methoxy groups -OCH3 is 1. The van der Waals surface area contributed by atoms with Crippen molar-refractivity contribution in [2.24, 2.45) is 0 Å². The average Bonchev–Trinajstić information content (AvgIpc) is 3.00. The van der Waals surface area contributed by atoms with Crippen molar-refractivity contribution in [1.29, 1.82) is 0 Å². The molecule has 2 aromatic rings. The van der Waals surface area contributed by atoms with E-state index >= 15 is 0 Å². The summed E-state index contributed by atoms with van der Waals surface area (Å²) in [5, 5.41) is 12.1. The number of nitrogens with zero attached hydrogens (tertiary/aromatic N) is 3. The van der Waals surface area contributed by atoms with Gasteiger partial charge in [-0.3, -0.25) is 9.36 Å². The maximum atomic E-state index is 11.9. The molecule has 6 nitrogen and oxygen atoms in total. The van der Waals surface area contributed by atoms with Gasteiger partial charge in [-0.05, 0) is 19.4 Å². The van der Waals surface area contributed by atoms with Gasteiger partial charge in [0.1, 0.15) is 0 Å². The standard InChI is InChI=1S/C18H24N4O2S/c1-4-10-22-17(15-8-5-7-14(2)12-15)20-21-18(22)25-13-16(23)19-9-6-11-24-3/h4-5,7-8,12H,1,6,9-11,13H2,2-3H3,(H,19,23). The number of ether oxygens (including phenoxy) is 1. The van der Waals surface area contributed by atoms with E-state index in [4.69, 9.17) is 4.74 Å². The van der Waals surface area contributed by atoms with Crippen LogP contribution in [0.15, 0.2) is 42.1 Å². The molecule has 1 heterocycles. The number of nitrogens with one attached hydrogen (secondary N) is 1. The summed E-state index contributed by atoms with van der Waals surface area (Å²) in [5.74, 6) is 1.06. The van der Waals surface area contributed by atoms with Gasteiger partial charge < -0.3 is 10.1 Å². The Hall–Kier alpha value is -2.12. The fourth-order valence-electron chi connectivity index (χ4n) is 2.31. The van der Waals surface area contributed by atoms with Crippen LogP contribution in [0.25, 0.3) is 11.4 Å². The summed E-state index contributed by atoms with van der Waals surface area (Å²) in [7, 11) is 1.65. The Morgan fingerprint density at radius 1 is 1.44 bits per heavy atom. The van der Waals surface area contributed by atoms with Gasteiger partial charge in [0.15, 0.2) is 11.0 Å². The zero-order chi connectivity index (χ0) is 18.1. The molecule has 1 amide bonds. The Balaban J connectivity index is 2.03. The molecule has 0 aliphatic carbocycles. The highest BCUT2D eigenvalue weighted by molar-refractivity contribution is 7.99. The molecule has 0 saturated heterocycles. The number of aromatic nitrogens is 3. The molecule has 1 aromatic carbocycles. The number of hydrogen-bond acceptors (Lipinski definition) is 5. The number of aryl methyl sites for hydroxylation is 1. The first kappa shape index (κ1) is 19.2. The number of carbonyl (C=O) groups is 1. The van der Waals surface area contributed by atoms with E-state index in [-0.39, 0.29) is 5.91 Å². The monoisotopic (exact) mass is 360 g/mol. The molecule has 7 heteroatoms. The van der Waals surface area contributed by atoms with Crippen LogP contribution in [-0.2, 0) is 16.1 Å². The zero-order valence-electron chi connectivity index (χ0n) is 14.7. The molecule has 0 saturated carbocycles. The summed E-state index contributed by atoms with van der Waals surface area (Å²) in [6.45, 7) is 7.69. The number of thioether (sulfide) groups is 1. The normalized spacial score (nSPS) is 10.6. The molecule has 1 N–H and O–H groups in total. The summed E-state index contributed by atoms with van der Waals surface area (Å²) in [5.41, 5.74) is 2.17. The first-order valence-electron chi connectivity index (χ1n) is 8.15. The van der Waals surface area contributed by atoms with Crippen LogP contribution < -0.4 is 5.32 Å². The predicted octanol–water partition coefficient (Wildman–Crippen LogP) is 2.68. The third-order valence-electron chi connectivity index (χ3n) is 3.48. The number of carbonyl (C=O) groups excluding carboxylic acids is 1.